The molecule has 5 rings (SSSR count). The van der Waals surface area contributed by atoms with Gasteiger partial charge in [0.25, 0.3) is 5.91 Å². The van der Waals surface area contributed by atoms with Crippen LogP contribution in [0.1, 0.15) is 61.1 Å². The van der Waals surface area contributed by atoms with Crippen molar-refractivity contribution in [3.63, 3.8) is 0 Å². The van der Waals surface area contributed by atoms with Crippen LogP contribution in [0.25, 0.3) is 5.65 Å². The predicted octanol–water partition coefficient (Wildman–Crippen LogP) is 2.55. The first-order valence-electron chi connectivity index (χ1n) is 11.9. The first kappa shape index (κ1) is 21.4. The van der Waals surface area contributed by atoms with Crippen molar-refractivity contribution in [2.24, 2.45) is 5.92 Å². The number of fused-ring (bicyclic) bond motifs is 1. The number of hydrogen-bond donors (Lipinski definition) is 1. The Morgan fingerprint density at radius 2 is 1.84 bits per heavy atom. The van der Waals surface area contributed by atoms with Gasteiger partial charge in [-0.15, -0.1) is 0 Å². The second kappa shape index (κ2) is 9.19. The predicted molar refractivity (Wildman–Crippen MR) is 118 cm³/mol. The number of ether oxygens (including phenoxy) is 2. The third-order valence-corrected chi connectivity index (χ3v) is 7.07. The highest BCUT2D eigenvalue weighted by molar-refractivity contribution is 5.93. The molecular weight excluding hydrogens is 408 g/mol. The highest BCUT2D eigenvalue weighted by Crippen LogP contribution is 2.31. The van der Waals surface area contributed by atoms with Gasteiger partial charge >= 0.3 is 0 Å². The average molecular weight is 441 g/mol. The van der Waals surface area contributed by atoms with E-state index in [4.69, 9.17) is 9.47 Å². The van der Waals surface area contributed by atoms with Crippen molar-refractivity contribution in [2.75, 3.05) is 32.8 Å². The number of amides is 2. The summed E-state index contributed by atoms with van der Waals surface area (Å²) in [4.78, 5) is 32.2. The quantitative estimate of drug-likeness (QED) is 0.772. The first-order chi connectivity index (χ1) is 15.6. The molecule has 3 fully saturated rings. The van der Waals surface area contributed by atoms with Gasteiger partial charge in [-0.2, -0.15) is 0 Å². The van der Waals surface area contributed by atoms with Crippen molar-refractivity contribution >= 4 is 17.5 Å². The van der Waals surface area contributed by atoms with Gasteiger partial charge in [0.1, 0.15) is 11.3 Å². The van der Waals surface area contributed by atoms with Crippen LogP contribution in [0.3, 0.4) is 0 Å². The normalized spacial score (nSPS) is 21.3. The lowest BCUT2D eigenvalue weighted by molar-refractivity contribution is -0.187. The van der Waals surface area contributed by atoms with Crippen molar-refractivity contribution < 1.29 is 19.1 Å². The molecule has 2 aromatic heterocycles. The van der Waals surface area contributed by atoms with Gasteiger partial charge in [0.15, 0.2) is 5.79 Å². The van der Waals surface area contributed by atoms with Gasteiger partial charge in [-0.3, -0.25) is 14.0 Å². The number of imidazole rings is 1. The molecule has 172 valence electrons. The topological polar surface area (TPSA) is 85.2 Å². The van der Waals surface area contributed by atoms with Crippen LogP contribution in [0, 0.1) is 5.92 Å². The molecule has 1 spiro atoms. The van der Waals surface area contributed by atoms with Crippen LogP contribution in [-0.4, -0.2) is 64.7 Å². The van der Waals surface area contributed by atoms with Gasteiger partial charge in [-0.05, 0) is 30.9 Å². The number of aromatic nitrogens is 2. The lowest BCUT2D eigenvalue weighted by atomic mass is 9.89. The van der Waals surface area contributed by atoms with Crippen LogP contribution in [0.15, 0.2) is 24.4 Å². The van der Waals surface area contributed by atoms with E-state index in [0.717, 1.165) is 6.54 Å². The van der Waals surface area contributed by atoms with E-state index in [9.17, 15) is 9.59 Å². The molecule has 0 aromatic carbocycles. The van der Waals surface area contributed by atoms with Crippen LogP contribution in [-0.2, 0) is 20.7 Å². The number of nitrogens with zero attached hydrogens (tertiary/aromatic N) is 3. The molecule has 3 aliphatic rings. The summed E-state index contributed by atoms with van der Waals surface area (Å²) in [5.74, 6) is 0.0465. The fourth-order valence-electron chi connectivity index (χ4n) is 5.20. The summed E-state index contributed by atoms with van der Waals surface area (Å²) in [5, 5.41) is 3.10. The molecule has 2 aliphatic heterocycles. The molecule has 0 bridgehead atoms. The van der Waals surface area contributed by atoms with Crippen molar-refractivity contribution in [1.82, 2.24) is 19.6 Å². The van der Waals surface area contributed by atoms with E-state index in [2.05, 4.69) is 10.3 Å². The van der Waals surface area contributed by atoms with Gasteiger partial charge in [-0.1, -0.05) is 25.3 Å². The summed E-state index contributed by atoms with van der Waals surface area (Å²) in [6.45, 7) is 3.23. The lowest BCUT2D eigenvalue weighted by Crippen LogP contribution is -2.47. The molecule has 0 radical (unpaired) electrons. The zero-order valence-electron chi connectivity index (χ0n) is 18.6. The van der Waals surface area contributed by atoms with Crippen molar-refractivity contribution in [3.05, 3.63) is 35.8 Å². The van der Waals surface area contributed by atoms with Crippen LogP contribution < -0.4 is 5.32 Å². The molecule has 2 aromatic rings. The summed E-state index contributed by atoms with van der Waals surface area (Å²) in [6.07, 6.45) is 9.65. The van der Waals surface area contributed by atoms with Crippen LogP contribution in [0.5, 0.6) is 0 Å². The first-order valence-corrected chi connectivity index (χ1v) is 11.9. The smallest absolute Gasteiger partial charge is 0.268 e. The highest BCUT2D eigenvalue weighted by atomic mass is 16.7. The molecule has 32 heavy (non-hydrogen) atoms. The van der Waals surface area contributed by atoms with Crippen molar-refractivity contribution in [3.8, 4) is 0 Å². The van der Waals surface area contributed by atoms with E-state index in [-0.39, 0.29) is 18.2 Å². The van der Waals surface area contributed by atoms with E-state index in [1.807, 2.05) is 29.3 Å². The Bertz CT molecular complexity index is 966. The van der Waals surface area contributed by atoms with E-state index >= 15 is 0 Å². The zero-order valence-corrected chi connectivity index (χ0v) is 18.6. The van der Waals surface area contributed by atoms with Gasteiger partial charge in [-0.25, -0.2) is 4.98 Å². The maximum absolute atomic E-state index is 12.9. The molecule has 2 saturated heterocycles. The number of piperidine rings is 1. The molecule has 8 heteroatoms. The van der Waals surface area contributed by atoms with E-state index in [0.29, 0.717) is 62.1 Å². The number of rotatable bonds is 5. The van der Waals surface area contributed by atoms with E-state index in [1.54, 1.807) is 4.40 Å². The maximum atomic E-state index is 12.9. The SMILES string of the molecule is O=C(NCC1CCCCC1)c1cccc2nc(CC(=O)N3CCC4(CC3)OCCO4)cn12. The van der Waals surface area contributed by atoms with Crippen LogP contribution in [0.2, 0.25) is 0 Å². The van der Waals surface area contributed by atoms with Gasteiger partial charge in [0.05, 0.1) is 25.3 Å². The number of pyridine rings is 1. The minimum Gasteiger partial charge on any atom is -0.350 e. The average Bonchev–Trinajstić information content (AvgIpc) is 3.45. The Morgan fingerprint density at radius 3 is 2.59 bits per heavy atom. The summed E-state index contributed by atoms with van der Waals surface area (Å²) in [7, 11) is 0. The van der Waals surface area contributed by atoms with Gasteiger partial charge in [0.2, 0.25) is 5.91 Å². The molecule has 1 saturated carbocycles. The van der Waals surface area contributed by atoms with Crippen molar-refractivity contribution in [2.45, 2.75) is 57.2 Å². The Labute approximate surface area is 188 Å². The van der Waals surface area contributed by atoms with Crippen molar-refractivity contribution in [1.29, 1.82) is 0 Å². The Balaban J connectivity index is 1.22. The number of hydrogen-bond acceptors (Lipinski definition) is 5. The summed E-state index contributed by atoms with van der Waals surface area (Å²) >= 11 is 0. The lowest BCUT2D eigenvalue weighted by Gasteiger charge is -2.37. The largest absolute Gasteiger partial charge is 0.350 e. The maximum Gasteiger partial charge on any atom is 0.268 e. The van der Waals surface area contributed by atoms with Gasteiger partial charge < -0.3 is 19.7 Å². The minimum atomic E-state index is -0.486. The highest BCUT2D eigenvalue weighted by Gasteiger charge is 2.40. The Kier molecular flexibility index (Phi) is 6.15. The molecule has 4 heterocycles. The Hall–Kier alpha value is -2.45. The third-order valence-electron chi connectivity index (χ3n) is 7.07. The zero-order chi connectivity index (χ0) is 22.0. The Morgan fingerprint density at radius 1 is 1.09 bits per heavy atom. The number of nitrogens with one attached hydrogen (secondary N) is 1. The minimum absolute atomic E-state index is 0.0459. The second-order valence-electron chi connectivity index (χ2n) is 9.25. The summed E-state index contributed by atoms with van der Waals surface area (Å²) in [5.41, 5.74) is 1.92. The number of likely N-dealkylation sites (tertiary alicyclic amines) is 1. The van der Waals surface area contributed by atoms with Gasteiger partial charge in [0, 0.05) is 38.7 Å². The second-order valence-corrected chi connectivity index (χ2v) is 9.25. The molecule has 0 unspecified atom stereocenters. The molecular formula is C24H32N4O4. The number of carbonyl (C=O) groups excluding carboxylic acids is 2. The molecule has 0 atom stereocenters. The van der Waals surface area contributed by atoms with Crippen LogP contribution in [0.4, 0.5) is 0 Å². The monoisotopic (exact) mass is 440 g/mol. The standard InChI is InChI=1S/C24H32N4O4/c29-22(27-11-9-24(10-12-27)31-13-14-32-24)15-19-17-28-20(7-4-8-21(28)26-19)23(30)25-16-18-5-2-1-3-6-18/h4,7-8,17-18H,1-3,5-6,9-16H2,(H,25,30). The summed E-state index contributed by atoms with van der Waals surface area (Å²) in [6, 6.07) is 5.52. The third kappa shape index (κ3) is 4.52. The summed E-state index contributed by atoms with van der Waals surface area (Å²) < 4.78 is 13.3. The molecule has 2 amide bonds. The van der Waals surface area contributed by atoms with E-state index < -0.39 is 5.79 Å². The number of carbonyl (C=O) groups is 2. The fraction of sp³-hybridized carbons (Fsp3) is 0.625. The van der Waals surface area contributed by atoms with E-state index in [1.165, 1.54) is 32.1 Å². The molecule has 1 aliphatic carbocycles. The van der Waals surface area contributed by atoms with Crippen LogP contribution >= 0.6 is 0 Å². The molecule has 8 nitrogen and oxygen atoms in total. The fourth-order valence-corrected chi connectivity index (χ4v) is 5.20. The molecule has 1 N–H and O–H groups in total.